The summed E-state index contributed by atoms with van der Waals surface area (Å²) >= 11 is 6.22. The van der Waals surface area contributed by atoms with E-state index in [-0.39, 0.29) is 17.3 Å². The highest BCUT2D eigenvalue weighted by atomic mass is 35.5. The maximum atomic E-state index is 12.8. The molecule has 0 saturated heterocycles. The van der Waals surface area contributed by atoms with Crippen LogP contribution in [0, 0.1) is 11.8 Å². The first-order valence-electron chi connectivity index (χ1n) is 16.3. The Morgan fingerprint density at radius 3 is 2.65 bits per heavy atom. The third-order valence-corrected chi connectivity index (χ3v) is 11.6. The molecule has 46 heavy (non-hydrogen) atoms. The average molecular weight is 667 g/mol. The summed E-state index contributed by atoms with van der Waals surface area (Å²) in [5, 5.41) is 14.3. The molecule has 3 aliphatic carbocycles. The number of aryl methyl sites for hydroxylation is 1. The molecule has 6 rings (SSSR count). The molecule has 10 heteroatoms. The minimum Gasteiger partial charge on any atom is -0.493 e. The third kappa shape index (κ3) is 6.64. The van der Waals surface area contributed by atoms with Crippen LogP contribution in [-0.4, -0.2) is 41.2 Å². The number of aromatic nitrogens is 1. The van der Waals surface area contributed by atoms with E-state index in [2.05, 4.69) is 24.1 Å². The number of benzene rings is 2. The molecule has 3 atom stereocenters. The van der Waals surface area contributed by atoms with Gasteiger partial charge in [-0.05, 0) is 122 Å². The standard InChI is InChI=1S/C36H43ClN2O6S/c1-23(21-45-32-11-16-38-31-8-3-5-24(2)33(31)32)17-27-19-26-10-9-25(22-46(42,43)44)18-30(26)35(27)12-14-36(15-13-35,34(40)41)39-29-7-4-6-28(37)20-29/h4,6-7,9-11,16,18,20,23-24,27,39H,3,5,8,12-15,17,19,21-22H2,1-2H3,(H,40,41)(H,42,43,44)/t23-,24-,27+,35?,36?/m1/s1. The fraction of sp³-hybridized carbons (Fsp3) is 0.500. The molecule has 8 nitrogen and oxygen atoms in total. The Balaban J connectivity index is 1.25. The number of nitrogens with one attached hydrogen (secondary N) is 1. The van der Waals surface area contributed by atoms with E-state index in [1.54, 1.807) is 24.3 Å². The maximum Gasteiger partial charge on any atom is 0.329 e. The molecule has 0 radical (unpaired) electrons. The van der Waals surface area contributed by atoms with Crippen LogP contribution in [0.25, 0.3) is 0 Å². The van der Waals surface area contributed by atoms with E-state index in [4.69, 9.17) is 16.3 Å². The Morgan fingerprint density at radius 1 is 1.15 bits per heavy atom. The number of carbonyl (C=O) groups is 1. The van der Waals surface area contributed by atoms with Gasteiger partial charge in [-0.1, -0.05) is 49.7 Å². The van der Waals surface area contributed by atoms with Gasteiger partial charge in [-0.25, -0.2) is 4.79 Å². The Hall–Kier alpha value is -3.14. The number of carboxylic acid groups (broad SMARTS) is 1. The predicted molar refractivity (Wildman–Crippen MR) is 179 cm³/mol. The van der Waals surface area contributed by atoms with Gasteiger partial charge in [0.05, 0.1) is 6.61 Å². The first-order valence-corrected chi connectivity index (χ1v) is 18.3. The van der Waals surface area contributed by atoms with E-state index < -0.39 is 27.4 Å². The smallest absolute Gasteiger partial charge is 0.329 e. The van der Waals surface area contributed by atoms with Crippen LogP contribution in [0.3, 0.4) is 0 Å². The summed E-state index contributed by atoms with van der Waals surface area (Å²) in [7, 11) is -4.20. The SMILES string of the molecule is C[C@@H](COc1ccnc2c1[C@H](C)CCC2)C[C@H]1Cc2ccc(CS(=O)(=O)O)cc2C12CCC(Nc1cccc(Cl)c1)(C(=O)O)CC2. The second-order valence-electron chi connectivity index (χ2n) is 13.9. The van der Waals surface area contributed by atoms with Crippen molar-refractivity contribution >= 4 is 33.4 Å². The highest BCUT2D eigenvalue weighted by molar-refractivity contribution is 7.85. The number of carboxylic acids is 1. The highest BCUT2D eigenvalue weighted by Gasteiger charge is 2.54. The Labute approximate surface area is 276 Å². The van der Waals surface area contributed by atoms with Gasteiger partial charge < -0.3 is 15.2 Å². The maximum absolute atomic E-state index is 12.8. The van der Waals surface area contributed by atoms with Crippen LogP contribution in [0.5, 0.6) is 5.75 Å². The monoisotopic (exact) mass is 666 g/mol. The van der Waals surface area contributed by atoms with Gasteiger partial charge in [0.25, 0.3) is 10.1 Å². The lowest BCUT2D eigenvalue weighted by Gasteiger charge is -2.47. The van der Waals surface area contributed by atoms with Crippen molar-refractivity contribution in [1.29, 1.82) is 0 Å². The van der Waals surface area contributed by atoms with E-state index in [0.29, 0.717) is 54.5 Å². The zero-order chi connectivity index (χ0) is 32.7. The lowest BCUT2D eigenvalue weighted by atomic mass is 9.59. The van der Waals surface area contributed by atoms with Crippen molar-refractivity contribution in [2.75, 3.05) is 11.9 Å². The predicted octanol–water partition coefficient (Wildman–Crippen LogP) is 7.59. The fourth-order valence-corrected chi connectivity index (χ4v) is 9.24. The summed E-state index contributed by atoms with van der Waals surface area (Å²) < 4.78 is 39.7. The molecule has 0 aliphatic heterocycles. The van der Waals surface area contributed by atoms with Gasteiger partial charge in [0.15, 0.2) is 0 Å². The van der Waals surface area contributed by atoms with Gasteiger partial charge in [0.2, 0.25) is 0 Å². The Kier molecular flexibility index (Phi) is 9.13. The van der Waals surface area contributed by atoms with Crippen molar-refractivity contribution in [3.8, 4) is 5.75 Å². The summed E-state index contributed by atoms with van der Waals surface area (Å²) in [5.41, 5.74) is 4.38. The number of halogens is 1. The second kappa shape index (κ2) is 12.8. The van der Waals surface area contributed by atoms with Crippen LogP contribution in [-0.2, 0) is 38.9 Å². The number of hydrogen-bond acceptors (Lipinski definition) is 6. The van der Waals surface area contributed by atoms with Crippen LogP contribution in [0.15, 0.2) is 54.7 Å². The van der Waals surface area contributed by atoms with E-state index in [1.807, 2.05) is 30.5 Å². The van der Waals surface area contributed by atoms with Crippen molar-refractivity contribution < 1.29 is 27.6 Å². The van der Waals surface area contributed by atoms with Gasteiger partial charge in [0.1, 0.15) is 17.0 Å². The number of aliphatic carboxylic acids is 1. The number of hydrogen-bond donors (Lipinski definition) is 3. The number of fused-ring (bicyclic) bond motifs is 3. The fourth-order valence-electron chi connectivity index (χ4n) is 8.45. The summed E-state index contributed by atoms with van der Waals surface area (Å²) in [6.07, 6.45) is 8.88. The van der Waals surface area contributed by atoms with Gasteiger partial charge in [-0.15, -0.1) is 0 Å². The molecule has 246 valence electrons. The van der Waals surface area contributed by atoms with Gasteiger partial charge >= 0.3 is 5.97 Å². The first-order chi connectivity index (χ1) is 21.9. The van der Waals surface area contributed by atoms with E-state index >= 15 is 0 Å². The number of nitrogens with zero attached hydrogens (tertiary/aromatic N) is 1. The third-order valence-electron chi connectivity index (χ3n) is 10.7. The Morgan fingerprint density at radius 2 is 1.93 bits per heavy atom. The summed E-state index contributed by atoms with van der Waals surface area (Å²) in [5.74, 6) is 0.463. The van der Waals surface area contributed by atoms with Crippen LogP contribution in [0.4, 0.5) is 5.69 Å². The zero-order valence-electron chi connectivity index (χ0n) is 26.5. The zero-order valence-corrected chi connectivity index (χ0v) is 28.0. The first kappa shape index (κ1) is 32.8. The molecule has 0 amide bonds. The quantitative estimate of drug-likeness (QED) is 0.189. The number of pyridine rings is 1. The molecule has 1 aromatic heterocycles. The summed E-state index contributed by atoms with van der Waals surface area (Å²) in [4.78, 5) is 17.4. The van der Waals surface area contributed by atoms with Crippen molar-refractivity contribution in [2.24, 2.45) is 11.8 Å². The average Bonchev–Trinajstić information content (AvgIpc) is 3.28. The molecule has 2 aromatic carbocycles. The van der Waals surface area contributed by atoms with Crippen molar-refractivity contribution in [3.63, 3.8) is 0 Å². The summed E-state index contributed by atoms with van der Waals surface area (Å²) in [6.45, 7) is 5.02. The minimum absolute atomic E-state index is 0.227. The normalized spacial score (nSPS) is 26.3. The topological polar surface area (TPSA) is 126 Å². The molecule has 1 heterocycles. The minimum atomic E-state index is -4.20. The van der Waals surface area contributed by atoms with Crippen LogP contribution < -0.4 is 10.1 Å². The molecule has 3 aromatic rings. The van der Waals surface area contributed by atoms with Crippen molar-refractivity contribution in [2.45, 2.75) is 94.3 Å². The highest BCUT2D eigenvalue weighted by Crippen LogP contribution is 2.56. The van der Waals surface area contributed by atoms with E-state index in [9.17, 15) is 22.9 Å². The molecule has 3 aliphatic rings. The molecule has 1 spiro atoms. The van der Waals surface area contributed by atoms with Crippen LogP contribution in [0.2, 0.25) is 5.02 Å². The molecule has 0 unspecified atom stereocenters. The van der Waals surface area contributed by atoms with Gasteiger partial charge in [0, 0.05) is 28.2 Å². The van der Waals surface area contributed by atoms with Gasteiger partial charge in [-0.3, -0.25) is 9.54 Å². The molecule has 3 N–H and O–H groups in total. The van der Waals surface area contributed by atoms with Crippen LogP contribution >= 0.6 is 11.6 Å². The van der Waals surface area contributed by atoms with Crippen molar-refractivity contribution in [3.05, 3.63) is 87.7 Å². The largest absolute Gasteiger partial charge is 0.493 e. The molecular formula is C36H43ClN2O6S. The molecular weight excluding hydrogens is 624 g/mol. The van der Waals surface area contributed by atoms with Crippen molar-refractivity contribution in [1.82, 2.24) is 4.98 Å². The number of rotatable bonds is 10. The van der Waals surface area contributed by atoms with Gasteiger partial charge in [-0.2, -0.15) is 8.42 Å². The lowest BCUT2D eigenvalue weighted by molar-refractivity contribution is -0.144. The Bertz CT molecular complexity index is 1720. The number of ether oxygens (including phenoxy) is 1. The number of anilines is 1. The second-order valence-corrected chi connectivity index (χ2v) is 15.8. The summed E-state index contributed by atoms with van der Waals surface area (Å²) in [6, 6.07) is 14.8. The lowest BCUT2D eigenvalue weighted by Crippen LogP contribution is -2.53. The van der Waals surface area contributed by atoms with E-state index in [0.717, 1.165) is 49.1 Å². The molecule has 1 saturated carbocycles. The van der Waals surface area contributed by atoms with Crippen LogP contribution in [0.1, 0.15) is 92.7 Å². The molecule has 0 bridgehead atoms. The molecule has 1 fully saturated rings. The van der Waals surface area contributed by atoms with E-state index in [1.165, 1.54) is 11.1 Å².